The first-order chi connectivity index (χ1) is 11.3. The van der Waals surface area contributed by atoms with Crippen molar-refractivity contribution in [2.24, 2.45) is 40.9 Å². The fourth-order valence-electron chi connectivity index (χ4n) is 4.35. The van der Waals surface area contributed by atoms with Crippen LogP contribution in [0.15, 0.2) is 24.3 Å². The number of Topliss-reactive ketones (excluding diaryl/α,β-unsaturated/α-hetero) is 2. The van der Waals surface area contributed by atoms with Crippen LogP contribution in [0.2, 0.25) is 0 Å². The Morgan fingerprint density at radius 2 is 1.54 bits per heavy atom. The molecule has 0 saturated heterocycles. The standard InChI is InChI=1S/C18H25N3O3/c19-13-3-1-10(5-13)16(23)15-8-18(21,7-12(15)9-22)17(24)11-2-4-14(20)6-11/h1-4,9-15H,5-8,19-21H2/t10?,11?,12-,13?,14?,15+,18-/m0/s1. The van der Waals surface area contributed by atoms with Crippen molar-refractivity contribution in [3.05, 3.63) is 24.3 Å². The van der Waals surface area contributed by atoms with Gasteiger partial charge in [0.25, 0.3) is 0 Å². The molecule has 6 heteroatoms. The largest absolute Gasteiger partial charge is 0.324 e. The van der Waals surface area contributed by atoms with E-state index in [2.05, 4.69) is 0 Å². The van der Waals surface area contributed by atoms with Gasteiger partial charge in [0.15, 0.2) is 5.78 Å². The molecule has 24 heavy (non-hydrogen) atoms. The molecule has 0 heterocycles. The van der Waals surface area contributed by atoms with Crippen LogP contribution in [0.3, 0.4) is 0 Å². The predicted molar refractivity (Wildman–Crippen MR) is 89.7 cm³/mol. The van der Waals surface area contributed by atoms with Crippen LogP contribution < -0.4 is 17.2 Å². The van der Waals surface area contributed by atoms with Crippen molar-refractivity contribution < 1.29 is 14.4 Å². The van der Waals surface area contributed by atoms with E-state index in [-0.39, 0.29) is 48.3 Å². The van der Waals surface area contributed by atoms with Crippen molar-refractivity contribution in [1.82, 2.24) is 0 Å². The van der Waals surface area contributed by atoms with E-state index in [9.17, 15) is 14.4 Å². The lowest BCUT2D eigenvalue weighted by Gasteiger charge is -2.26. The first kappa shape index (κ1) is 17.2. The molecule has 3 aliphatic carbocycles. The molecule has 0 radical (unpaired) electrons. The number of rotatable bonds is 5. The molecule has 0 aromatic carbocycles. The van der Waals surface area contributed by atoms with Crippen LogP contribution in [0, 0.1) is 23.7 Å². The fourth-order valence-corrected chi connectivity index (χ4v) is 4.35. The highest BCUT2D eigenvalue weighted by molar-refractivity contribution is 5.96. The number of aldehydes is 1. The summed E-state index contributed by atoms with van der Waals surface area (Å²) in [5.74, 6) is -1.72. The van der Waals surface area contributed by atoms with E-state index in [1.807, 2.05) is 18.2 Å². The van der Waals surface area contributed by atoms with Crippen LogP contribution in [-0.2, 0) is 14.4 Å². The Bertz CT molecular complexity index is 615. The van der Waals surface area contributed by atoms with Crippen molar-refractivity contribution in [3.8, 4) is 0 Å². The van der Waals surface area contributed by atoms with E-state index in [0.717, 1.165) is 6.29 Å². The minimum Gasteiger partial charge on any atom is -0.324 e. The minimum absolute atomic E-state index is 0.0184. The predicted octanol–water partition coefficient (Wildman–Crippen LogP) is -0.146. The summed E-state index contributed by atoms with van der Waals surface area (Å²) in [7, 11) is 0. The van der Waals surface area contributed by atoms with Gasteiger partial charge < -0.3 is 22.0 Å². The fraction of sp³-hybridized carbons (Fsp3) is 0.611. The number of hydrogen-bond acceptors (Lipinski definition) is 6. The number of carbonyl (C=O) groups excluding carboxylic acids is 3. The number of nitrogens with two attached hydrogens (primary N) is 3. The zero-order valence-corrected chi connectivity index (χ0v) is 13.6. The van der Waals surface area contributed by atoms with Gasteiger partial charge >= 0.3 is 0 Å². The zero-order chi connectivity index (χ0) is 17.5. The van der Waals surface area contributed by atoms with Crippen LogP contribution in [0.25, 0.3) is 0 Å². The van der Waals surface area contributed by atoms with Crippen LogP contribution >= 0.6 is 0 Å². The Kier molecular flexibility index (Phi) is 4.55. The monoisotopic (exact) mass is 331 g/mol. The van der Waals surface area contributed by atoms with Gasteiger partial charge in [-0.15, -0.1) is 0 Å². The normalized spacial score (nSPS) is 44.1. The minimum atomic E-state index is -1.13. The van der Waals surface area contributed by atoms with Gasteiger partial charge in [0.1, 0.15) is 12.1 Å². The summed E-state index contributed by atoms with van der Waals surface area (Å²) in [6.07, 6.45) is 9.58. The summed E-state index contributed by atoms with van der Waals surface area (Å²) >= 11 is 0. The second kappa shape index (κ2) is 6.35. The maximum absolute atomic E-state index is 12.8. The Morgan fingerprint density at radius 1 is 0.958 bits per heavy atom. The molecule has 1 fully saturated rings. The highest BCUT2D eigenvalue weighted by Gasteiger charge is 2.52. The Morgan fingerprint density at radius 3 is 2.04 bits per heavy atom. The summed E-state index contributed by atoms with van der Waals surface area (Å²) in [4.78, 5) is 37.1. The third-order valence-electron chi connectivity index (χ3n) is 5.67. The topological polar surface area (TPSA) is 129 Å². The Labute approximate surface area is 141 Å². The van der Waals surface area contributed by atoms with Crippen LogP contribution in [0.1, 0.15) is 25.7 Å². The molecule has 0 spiro atoms. The zero-order valence-electron chi connectivity index (χ0n) is 13.6. The molecule has 0 amide bonds. The Balaban J connectivity index is 1.75. The average molecular weight is 331 g/mol. The highest BCUT2D eigenvalue weighted by Crippen LogP contribution is 2.42. The van der Waals surface area contributed by atoms with Crippen LogP contribution in [0.4, 0.5) is 0 Å². The van der Waals surface area contributed by atoms with Gasteiger partial charge in [-0.05, 0) is 25.7 Å². The number of allylic oxidation sites excluding steroid dienone is 2. The maximum atomic E-state index is 12.8. The summed E-state index contributed by atoms with van der Waals surface area (Å²) in [5, 5.41) is 0. The molecule has 4 unspecified atom stereocenters. The lowest BCUT2D eigenvalue weighted by atomic mass is 9.82. The average Bonchev–Trinajstić information content (AvgIpc) is 3.25. The molecular formula is C18H25N3O3. The highest BCUT2D eigenvalue weighted by atomic mass is 16.1. The molecule has 1 saturated carbocycles. The molecule has 0 bridgehead atoms. The van der Waals surface area contributed by atoms with E-state index < -0.39 is 17.4 Å². The van der Waals surface area contributed by atoms with Gasteiger partial charge in [0, 0.05) is 35.8 Å². The maximum Gasteiger partial charge on any atom is 0.159 e. The van der Waals surface area contributed by atoms with E-state index in [1.165, 1.54) is 0 Å². The van der Waals surface area contributed by atoms with Crippen molar-refractivity contribution in [1.29, 1.82) is 0 Å². The SMILES string of the molecule is NC1C=CC(C(=O)[C@@H]2C[C@](N)(C(=O)C3C=CC(N)C3)C[C@H]2C=O)C1. The molecule has 3 aliphatic rings. The van der Waals surface area contributed by atoms with E-state index in [0.29, 0.717) is 12.8 Å². The number of carbonyl (C=O) groups is 3. The van der Waals surface area contributed by atoms with E-state index in [4.69, 9.17) is 17.2 Å². The summed E-state index contributed by atoms with van der Waals surface area (Å²) in [5.41, 5.74) is 16.9. The van der Waals surface area contributed by atoms with E-state index in [1.54, 1.807) is 6.08 Å². The van der Waals surface area contributed by atoms with Gasteiger partial charge in [-0.3, -0.25) is 9.59 Å². The van der Waals surface area contributed by atoms with Gasteiger partial charge in [-0.25, -0.2) is 0 Å². The molecule has 0 aromatic rings. The lowest BCUT2D eigenvalue weighted by Crippen LogP contribution is -2.49. The van der Waals surface area contributed by atoms with Crippen molar-refractivity contribution in [3.63, 3.8) is 0 Å². The number of hydrogen-bond donors (Lipinski definition) is 3. The molecular weight excluding hydrogens is 306 g/mol. The second-order valence-corrected chi connectivity index (χ2v) is 7.52. The molecule has 7 atom stereocenters. The lowest BCUT2D eigenvalue weighted by molar-refractivity contribution is -0.129. The summed E-state index contributed by atoms with van der Waals surface area (Å²) in [6.45, 7) is 0. The first-order valence-corrected chi connectivity index (χ1v) is 8.54. The van der Waals surface area contributed by atoms with Gasteiger partial charge in [0.2, 0.25) is 0 Å². The van der Waals surface area contributed by atoms with Crippen molar-refractivity contribution in [2.75, 3.05) is 0 Å². The molecule has 6 N–H and O–H groups in total. The quantitative estimate of drug-likeness (QED) is 0.475. The molecule has 6 nitrogen and oxygen atoms in total. The van der Waals surface area contributed by atoms with Crippen LogP contribution in [0.5, 0.6) is 0 Å². The summed E-state index contributed by atoms with van der Waals surface area (Å²) < 4.78 is 0. The van der Waals surface area contributed by atoms with Crippen molar-refractivity contribution in [2.45, 2.75) is 43.3 Å². The second-order valence-electron chi connectivity index (χ2n) is 7.52. The van der Waals surface area contributed by atoms with Crippen molar-refractivity contribution >= 4 is 17.9 Å². The summed E-state index contributed by atoms with van der Waals surface area (Å²) in [6, 6.07) is -0.252. The third kappa shape index (κ3) is 3.01. The van der Waals surface area contributed by atoms with Gasteiger partial charge in [0.05, 0.1) is 5.54 Å². The first-order valence-electron chi connectivity index (χ1n) is 8.54. The van der Waals surface area contributed by atoms with Gasteiger partial charge in [-0.1, -0.05) is 24.3 Å². The number of ketones is 2. The van der Waals surface area contributed by atoms with Gasteiger partial charge in [-0.2, -0.15) is 0 Å². The molecule has 3 rings (SSSR count). The molecule has 0 aromatic heterocycles. The van der Waals surface area contributed by atoms with E-state index >= 15 is 0 Å². The Hall–Kier alpha value is -1.63. The molecule has 130 valence electrons. The third-order valence-corrected chi connectivity index (χ3v) is 5.67. The molecule has 0 aliphatic heterocycles. The smallest absolute Gasteiger partial charge is 0.159 e. The van der Waals surface area contributed by atoms with Crippen LogP contribution in [-0.4, -0.2) is 35.5 Å².